The van der Waals surface area contributed by atoms with Crippen LogP contribution in [-0.2, 0) is 6.42 Å². The molecule has 2 aromatic rings. The van der Waals surface area contributed by atoms with Crippen LogP contribution in [0.5, 0.6) is 0 Å². The SMILES string of the molecule is CCCc1nnnn1-c1cccc(C(=O)O)c1C. The Labute approximate surface area is 104 Å². The average Bonchev–Trinajstić information content (AvgIpc) is 2.77. The maximum atomic E-state index is 11.1. The first kappa shape index (κ1) is 12.2. The predicted octanol–water partition coefficient (Wildman–Crippen LogP) is 1.62. The molecule has 0 fully saturated rings. The molecule has 0 saturated heterocycles. The smallest absolute Gasteiger partial charge is 0.336 e. The topological polar surface area (TPSA) is 80.9 Å². The van der Waals surface area contributed by atoms with Crippen molar-refractivity contribution in [3.8, 4) is 5.69 Å². The van der Waals surface area contributed by atoms with Gasteiger partial charge in [0.1, 0.15) is 0 Å². The Kier molecular flexibility index (Phi) is 3.36. The molecule has 6 nitrogen and oxygen atoms in total. The molecule has 0 aliphatic carbocycles. The summed E-state index contributed by atoms with van der Waals surface area (Å²) in [5.74, 6) is -0.206. The van der Waals surface area contributed by atoms with Gasteiger partial charge < -0.3 is 5.11 Å². The number of nitrogens with zero attached hydrogens (tertiary/aromatic N) is 4. The average molecular weight is 246 g/mol. The van der Waals surface area contributed by atoms with E-state index in [1.165, 1.54) is 0 Å². The molecule has 1 aromatic heterocycles. The molecule has 18 heavy (non-hydrogen) atoms. The normalized spacial score (nSPS) is 10.6. The molecule has 0 radical (unpaired) electrons. The van der Waals surface area contributed by atoms with Crippen molar-refractivity contribution in [2.45, 2.75) is 26.7 Å². The van der Waals surface area contributed by atoms with E-state index in [1.54, 1.807) is 23.7 Å². The van der Waals surface area contributed by atoms with E-state index in [4.69, 9.17) is 5.11 Å². The van der Waals surface area contributed by atoms with Crippen molar-refractivity contribution in [2.75, 3.05) is 0 Å². The molecular formula is C12H14N4O2. The molecule has 0 spiro atoms. The van der Waals surface area contributed by atoms with Gasteiger partial charge in [-0.05, 0) is 41.5 Å². The van der Waals surface area contributed by atoms with E-state index in [9.17, 15) is 4.79 Å². The summed E-state index contributed by atoms with van der Waals surface area (Å²) < 4.78 is 1.60. The number of carboxylic acid groups (broad SMARTS) is 1. The minimum Gasteiger partial charge on any atom is -0.478 e. The number of benzene rings is 1. The van der Waals surface area contributed by atoms with Gasteiger partial charge in [0.05, 0.1) is 11.3 Å². The molecule has 1 N–H and O–H groups in total. The lowest BCUT2D eigenvalue weighted by molar-refractivity contribution is 0.0696. The third-order valence-electron chi connectivity index (χ3n) is 2.77. The highest BCUT2D eigenvalue weighted by Crippen LogP contribution is 2.18. The summed E-state index contributed by atoms with van der Waals surface area (Å²) >= 11 is 0. The van der Waals surface area contributed by atoms with Gasteiger partial charge in [0.2, 0.25) is 0 Å². The van der Waals surface area contributed by atoms with Crippen LogP contribution in [0.4, 0.5) is 0 Å². The first-order valence-electron chi connectivity index (χ1n) is 5.75. The van der Waals surface area contributed by atoms with Crippen molar-refractivity contribution in [1.82, 2.24) is 20.2 Å². The van der Waals surface area contributed by atoms with Gasteiger partial charge >= 0.3 is 5.97 Å². The number of hydrogen-bond acceptors (Lipinski definition) is 4. The van der Waals surface area contributed by atoms with Crippen molar-refractivity contribution in [2.24, 2.45) is 0 Å². The largest absolute Gasteiger partial charge is 0.478 e. The van der Waals surface area contributed by atoms with Gasteiger partial charge in [0.15, 0.2) is 5.82 Å². The monoisotopic (exact) mass is 246 g/mol. The van der Waals surface area contributed by atoms with E-state index in [0.29, 0.717) is 11.3 Å². The van der Waals surface area contributed by atoms with Crippen molar-refractivity contribution in [3.05, 3.63) is 35.2 Å². The first-order valence-corrected chi connectivity index (χ1v) is 5.75. The summed E-state index contributed by atoms with van der Waals surface area (Å²) in [5, 5.41) is 20.6. The van der Waals surface area contributed by atoms with Crippen LogP contribution in [0.3, 0.4) is 0 Å². The highest BCUT2D eigenvalue weighted by Gasteiger charge is 2.14. The number of hydrogen-bond donors (Lipinski definition) is 1. The Balaban J connectivity index is 2.54. The zero-order chi connectivity index (χ0) is 13.1. The summed E-state index contributed by atoms with van der Waals surface area (Å²) in [6, 6.07) is 5.09. The maximum absolute atomic E-state index is 11.1. The lowest BCUT2D eigenvalue weighted by Gasteiger charge is -2.09. The van der Waals surface area contributed by atoms with E-state index >= 15 is 0 Å². The zero-order valence-electron chi connectivity index (χ0n) is 10.3. The molecule has 94 valence electrons. The van der Waals surface area contributed by atoms with E-state index in [1.807, 2.05) is 13.0 Å². The van der Waals surface area contributed by atoms with Crippen molar-refractivity contribution in [3.63, 3.8) is 0 Å². The second-order valence-electron chi connectivity index (χ2n) is 4.01. The highest BCUT2D eigenvalue weighted by molar-refractivity contribution is 5.90. The second kappa shape index (κ2) is 4.95. The molecule has 0 amide bonds. The Morgan fingerprint density at radius 2 is 2.22 bits per heavy atom. The van der Waals surface area contributed by atoms with Gasteiger partial charge in [-0.2, -0.15) is 4.68 Å². The molecule has 0 bridgehead atoms. The Hall–Kier alpha value is -2.24. The number of tetrazole rings is 1. The van der Waals surface area contributed by atoms with Crippen LogP contribution in [0, 0.1) is 6.92 Å². The third-order valence-corrected chi connectivity index (χ3v) is 2.77. The molecule has 0 saturated carbocycles. The molecule has 1 heterocycles. The van der Waals surface area contributed by atoms with Crippen molar-refractivity contribution < 1.29 is 9.90 Å². The summed E-state index contributed by atoms with van der Waals surface area (Å²) in [5.41, 5.74) is 1.64. The van der Waals surface area contributed by atoms with Crippen molar-refractivity contribution in [1.29, 1.82) is 0 Å². The minimum atomic E-state index is -0.945. The quantitative estimate of drug-likeness (QED) is 0.886. The molecule has 0 unspecified atom stereocenters. The van der Waals surface area contributed by atoms with Crippen LogP contribution in [0.25, 0.3) is 5.69 Å². The molecule has 0 atom stereocenters. The molecule has 1 aromatic carbocycles. The molecule has 0 aliphatic rings. The van der Waals surface area contributed by atoms with E-state index in [2.05, 4.69) is 15.5 Å². The fourth-order valence-electron chi connectivity index (χ4n) is 1.86. The van der Waals surface area contributed by atoms with E-state index in [0.717, 1.165) is 18.7 Å². The van der Waals surface area contributed by atoms with Gasteiger partial charge in [-0.3, -0.25) is 0 Å². The molecule has 6 heteroatoms. The van der Waals surface area contributed by atoms with Gasteiger partial charge in [-0.1, -0.05) is 13.0 Å². The maximum Gasteiger partial charge on any atom is 0.336 e. The first-order chi connectivity index (χ1) is 8.65. The number of rotatable bonds is 4. The second-order valence-corrected chi connectivity index (χ2v) is 4.01. The van der Waals surface area contributed by atoms with Crippen molar-refractivity contribution >= 4 is 5.97 Å². The Morgan fingerprint density at radius 1 is 1.44 bits per heavy atom. The van der Waals surface area contributed by atoms with Crippen LogP contribution in [0.1, 0.15) is 35.1 Å². The summed E-state index contributed by atoms with van der Waals surface area (Å²) in [7, 11) is 0. The summed E-state index contributed by atoms with van der Waals surface area (Å²) in [4.78, 5) is 11.1. The fraction of sp³-hybridized carbons (Fsp3) is 0.333. The standard InChI is InChI=1S/C12H14N4O2/c1-3-5-11-13-14-15-16(11)10-7-4-6-9(8(10)2)12(17)18/h4,6-7H,3,5H2,1-2H3,(H,17,18). The lowest BCUT2D eigenvalue weighted by atomic mass is 10.1. The van der Waals surface area contributed by atoms with E-state index < -0.39 is 5.97 Å². The third kappa shape index (κ3) is 2.09. The molecule has 0 aliphatic heterocycles. The number of aromatic nitrogens is 4. The highest BCUT2D eigenvalue weighted by atomic mass is 16.4. The number of aryl methyl sites for hydroxylation is 1. The van der Waals surface area contributed by atoms with Crippen LogP contribution >= 0.6 is 0 Å². The Bertz CT molecular complexity index is 577. The molecular weight excluding hydrogens is 232 g/mol. The van der Waals surface area contributed by atoms with Crippen LogP contribution in [0.2, 0.25) is 0 Å². The minimum absolute atomic E-state index is 0.269. The lowest BCUT2D eigenvalue weighted by Crippen LogP contribution is -2.08. The van der Waals surface area contributed by atoms with Gasteiger partial charge in [0, 0.05) is 6.42 Å². The van der Waals surface area contributed by atoms with E-state index in [-0.39, 0.29) is 5.56 Å². The predicted molar refractivity (Wildman–Crippen MR) is 64.8 cm³/mol. The van der Waals surface area contributed by atoms with Gasteiger partial charge in [0.25, 0.3) is 0 Å². The number of carbonyl (C=O) groups is 1. The van der Waals surface area contributed by atoms with Gasteiger partial charge in [-0.15, -0.1) is 5.10 Å². The van der Waals surface area contributed by atoms with Crippen LogP contribution in [0.15, 0.2) is 18.2 Å². The molecule has 2 rings (SSSR count). The van der Waals surface area contributed by atoms with Gasteiger partial charge in [-0.25, -0.2) is 4.79 Å². The summed E-state index contributed by atoms with van der Waals surface area (Å²) in [6.45, 7) is 3.80. The summed E-state index contributed by atoms with van der Waals surface area (Å²) in [6.07, 6.45) is 1.68. The Morgan fingerprint density at radius 3 is 2.89 bits per heavy atom. The fourth-order valence-corrected chi connectivity index (χ4v) is 1.86. The number of carboxylic acids is 1. The number of aromatic carboxylic acids is 1. The van der Waals surface area contributed by atoms with Crippen LogP contribution in [-0.4, -0.2) is 31.3 Å². The zero-order valence-corrected chi connectivity index (χ0v) is 10.3. The van der Waals surface area contributed by atoms with Crippen LogP contribution < -0.4 is 0 Å².